The molecule has 0 aromatic heterocycles. The lowest BCUT2D eigenvalue weighted by atomic mass is 9.83. The van der Waals surface area contributed by atoms with Gasteiger partial charge in [-0.05, 0) is 49.3 Å². The van der Waals surface area contributed by atoms with Crippen LogP contribution in [0.2, 0.25) is 5.02 Å². The summed E-state index contributed by atoms with van der Waals surface area (Å²) in [6, 6.07) is 7.82. The first-order valence-electron chi connectivity index (χ1n) is 8.43. The first kappa shape index (κ1) is 15.8. The Hall–Kier alpha value is -1.06. The minimum atomic E-state index is -0.368. The summed E-state index contributed by atoms with van der Waals surface area (Å²) < 4.78 is 0. The van der Waals surface area contributed by atoms with Gasteiger partial charge in [-0.25, -0.2) is 0 Å². The Kier molecular flexibility index (Phi) is 4.74. The third-order valence-corrected chi connectivity index (χ3v) is 5.59. The van der Waals surface area contributed by atoms with E-state index in [0.29, 0.717) is 17.5 Å². The molecule has 0 radical (unpaired) electrons. The molecule has 1 atom stereocenters. The average Bonchev–Trinajstić information content (AvgIpc) is 3.35. The van der Waals surface area contributed by atoms with Crippen molar-refractivity contribution in [2.24, 2.45) is 11.7 Å². The van der Waals surface area contributed by atoms with Crippen LogP contribution in [0.4, 0.5) is 0 Å². The van der Waals surface area contributed by atoms with Gasteiger partial charge in [0.25, 0.3) is 0 Å². The fourth-order valence-electron chi connectivity index (χ4n) is 3.77. The van der Waals surface area contributed by atoms with Crippen LogP contribution in [0.25, 0.3) is 0 Å². The normalized spacial score (nSPS) is 22.1. The largest absolute Gasteiger partial charge is 0.351 e. The van der Waals surface area contributed by atoms with E-state index in [1.807, 2.05) is 24.3 Å². The molecule has 2 aliphatic carbocycles. The van der Waals surface area contributed by atoms with Gasteiger partial charge < -0.3 is 11.1 Å². The molecule has 3 nitrogen and oxygen atoms in total. The Labute approximate surface area is 137 Å². The second-order valence-electron chi connectivity index (χ2n) is 6.81. The van der Waals surface area contributed by atoms with E-state index in [4.69, 9.17) is 17.3 Å². The molecule has 0 heterocycles. The van der Waals surface area contributed by atoms with Gasteiger partial charge in [-0.15, -0.1) is 0 Å². The molecular formula is C18H25ClN2O. The molecule has 2 aliphatic rings. The van der Waals surface area contributed by atoms with Crippen molar-refractivity contribution in [2.75, 3.05) is 6.54 Å². The first-order valence-corrected chi connectivity index (χ1v) is 8.80. The molecule has 120 valence electrons. The predicted molar refractivity (Wildman–Crippen MR) is 89.9 cm³/mol. The zero-order chi connectivity index (χ0) is 15.6. The highest BCUT2D eigenvalue weighted by Gasteiger charge is 2.51. The van der Waals surface area contributed by atoms with E-state index in [9.17, 15) is 4.79 Å². The van der Waals surface area contributed by atoms with Crippen molar-refractivity contribution in [1.29, 1.82) is 0 Å². The van der Waals surface area contributed by atoms with Crippen LogP contribution in [0, 0.1) is 5.92 Å². The number of hydrogen-bond donors (Lipinski definition) is 2. The van der Waals surface area contributed by atoms with E-state index in [1.165, 1.54) is 32.1 Å². The molecule has 0 aliphatic heterocycles. The van der Waals surface area contributed by atoms with Crippen LogP contribution in [0.3, 0.4) is 0 Å². The maximum Gasteiger partial charge on any atom is 0.230 e. The third kappa shape index (κ3) is 3.16. The van der Waals surface area contributed by atoms with Crippen molar-refractivity contribution in [3.63, 3.8) is 0 Å². The van der Waals surface area contributed by atoms with Crippen LogP contribution in [-0.2, 0) is 10.2 Å². The highest BCUT2D eigenvalue weighted by molar-refractivity contribution is 6.30. The lowest BCUT2D eigenvalue weighted by Gasteiger charge is -2.31. The molecule has 1 unspecified atom stereocenters. The summed E-state index contributed by atoms with van der Waals surface area (Å²) in [5.41, 5.74) is 6.61. The van der Waals surface area contributed by atoms with Gasteiger partial charge >= 0.3 is 0 Å². The summed E-state index contributed by atoms with van der Waals surface area (Å²) in [5, 5.41) is 3.94. The van der Waals surface area contributed by atoms with Gasteiger partial charge in [0.1, 0.15) is 0 Å². The number of halogens is 1. The summed E-state index contributed by atoms with van der Waals surface area (Å²) >= 11 is 6.09. The van der Waals surface area contributed by atoms with Gasteiger partial charge in [0.15, 0.2) is 0 Å². The van der Waals surface area contributed by atoms with Crippen LogP contribution in [0.1, 0.15) is 50.5 Å². The molecule has 2 saturated carbocycles. The predicted octanol–water partition coefficient (Wildman–Crippen LogP) is 3.40. The molecule has 0 spiro atoms. The molecule has 3 rings (SSSR count). The van der Waals surface area contributed by atoms with Gasteiger partial charge in [-0.1, -0.05) is 43.0 Å². The van der Waals surface area contributed by atoms with Crippen LogP contribution in [0.5, 0.6) is 0 Å². The van der Waals surface area contributed by atoms with E-state index in [0.717, 1.165) is 18.4 Å². The monoisotopic (exact) mass is 320 g/mol. The van der Waals surface area contributed by atoms with E-state index in [2.05, 4.69) is 5.32 Å². The van der Waals surface area contributed by atoms with Gasteiger partial charge in [0.2, 0.25) is 5.91 Å². The summed E-state index contributed by atoms with van der Waals surface area (Å²) in [6.07, 6.45) is 8.02. The maximum atomic E-state index is 12.8. The highest BCUT2D eigenvalue weighted by Crippen LogP contribution is 2.49. The Morgan fingerprint density at radius 2 is 2.05 bits per heavy atom. The first-order chi connectivity index (χ1) is 10.7. The molecule has 1 aromatic carbocycles. The minimum Gasteiger partial charge on any atom is -0.351 e. The third-order valence-electron chi connectivity index (χ3n) is 5.35. The summed E-state index contributed by atoms with van der Waals surface area (Å²) in [4.78, 5) is 12.8. The second kappa shape index (κ2) is 6.59. The number of carbonyl (C=O) groups is 1. The SMILES string of the molecule is NCC(NC(=O)C1(c2cccc(Cl)c2)CC1)C1CCCCC1. The molecular weight excluding hydrogens is 296 g/mol. The molecule has 22 heavy (non-hydrogen) atoms. The van der Waals surface area contributed by atoms with Crippen molar-refractivity contribution < 1.29 is 4.79 Å². The molecule has 1 aromatic rings. The fourth-order valence-corrected chi connectivity index (χ4v) is 3.96. The Bertz CT molecular complexity index is 536. The summed E-state index contributed by atoms with van der Waals surface area (Å²) in [6.45, 7) is 0.530. The van der Waals surface area contributed by atoms with Crippen LogP contribution < -0.4 is 11.1 Å². The van der Waals surface area contributed by atoms with Gasteiger partial charge in [-0.3, -0.25) is 4.79 Å². The van der Waals surface area contributed by atoms with Crippen molar-refractivity contribution in [3.05, 3.63) is 34.9 Å². The number of carbonyl (C=O) groups excluding carboxylic acids is 1. The van der Waals surface area contributed by atoms with Gasteiger partial charge in [-0.2, -0.15) is 0 Å². The topological polar surface area (TPSA) is 55.1 Å². The zero-order valence-electron chi connectivity index (χ0n) is 13.0. The lowest BCUT2D eigenvalue weighted by Crippen LogP contribution is -2.49. The fraction of sp³-hybridized carbons (Fsp3) is 0.611. The minimum absolute atomic E-state index is 0.115. The zero-order valence-corrected chi connectivity index (χ0v) is 13.7. The number of hydrogen-bond acceptors (Lipinski definition) is 2. The standard InChI is InChI=1S/C18H25ClN2O/c19-15-8-4-7-14(11-15)18(9-10-18)17(22)21-16(12-20)13-5-2-1-3-6-13/h4,7-8,11,13,16H,1-3,5-6,9-10,12,20H2,(H,21,22). The number of rotatable bonds is 5. The number of nitrogens with two attached hydrogens (primary N) is 1. The number of nitrogens with one attached hydrogen (secondary N) is 1. The molecule has 1 amide bonds. The molecule has 0 saturated heterocycles. The molecule has 4 heteroatoms. The van der Waals surface area contributed by atoms with Crippen molar-refractivity contribution in [2.45, 2.75) is 56.4 Å². The average molecular weight is 321 g/mol. The van der Waals surface area contributed by atoms with E-state index in [-0.39, 0.29) is 17.4 Å². The van der Waals surface area contributed by atoms with Gasteiger partial charge in [0, 0.05) is 17.6 Å². The van der Waals surface area contributed by atoms with Crippen LogP contribution >= 0.6 is 11.6 Å². The van der Waals surface area contributed by atoms with Crippen molar-refractivity contribution >= 4 is 17.5 Å². The maximum absolute atomic E-state index is 12.8. The van der Waals surface area contributed by atoms with E-state index >= 15 is 0 Å². The van der Waals surface area contributed by atoms with Crippen LogP contribution in [0.15, 0.2) is 24.3 Å². The van der Waals surface area contributed by atoms with Crippen molar-refractivity contribution in [1.82, 2.24) is 5.32 Å². The highest BCUT2D eigenvalue weighted by atomic mass is 35.5. The quantitative estimate of drug-likeness (QED) is 0.873. The Morgan fingerprint density at radius 1 is 1.32 bits per heavy atom. The number of amides is 1. The smallest absolute Gasteiger partial charge is 0.230 e. The molecule has 2 fully saturated rings. The van der Waals surface area contributed by atoms with Crippen LogP contribution in [-0.4, -0.2) is 18.5 Å². The van der Waals surface area contributed by atoms with E-state index in [1.54, 1.807) is 0 Å². The van der Waals surface area contributed by atoms with Gasteiger partial charge in [0.05, 0.1) is 5.41 Å². The molecule has 3 N–H and O–H groups in total. The Balaban J connectivity index is 1.70. The molecule has 0 bridgehead atoms. The second-order valence-corrected chi connectivity index (χ2v) is 7.24. The Morgan fingerprint density at radius 3 is 2.64 bits per heavy atom. The lowest BCUT2D eigenvalue weighted by molar-refractivity contribution is -0.124. The van der Waals surface area contributed by atoms with Crippen molar-refractivity contribution in [3.8, 4) is 0 Å². The van der Waals surface area contributed by atoms with E-state index < -0.39 is 0 Å². The summed E-state index contributed by atoms with van der Waals surface area (Å²) in [5.74, 6) is 0.675. The number of benzene rings is 1. The summed E-state index contributed by atoms with van der Waals surface area (Å²) in [7, 11) is 0.